The molecule has 0 spiro atoms. The Hall–Kier alpha value is -3.06. The second kappa shape index (κ2) is 11.3. The molecule has 0 aliphatic carbocycles. The summed E-state index contributed by atoms with van der Waals surface area (Å²) in [4.78, 5) is 23.7. The molecule has 1 fully saturated rings. The lowest BCUT2D eigenvalue weighted by Crippen LogP contribution is -2.44. The number of hydrogen-bond donors (Lipinski definition) is 1. The number of fused-ring (bicyclic) bond motifs is 1. The topological polar surface area (TPSA) is 48.5 Å². The maximum Gasteiger partial charge on any atom is 0.228 e. The third kappa shape index (κ3) is 6.01. The highest BCUT2D eigenvalue weighted by molar-refractivity contribution is 7.98. The van der Waals surface area contributed by atoms with Crippen LogP contribution in [0.3, 0.4) is 0 Å². The van der Waals surface area contributed by atoms with Gasteiger partial charge in [0.15, 0.2) is 0 Å². The highest BCUT2D eigenvalue weighted by Gasteiger charge is 2.17. The fourth-order valence-corrected chi connectivity index (χ4v) is 5.60. The number of nitrogens with zero attached hydrogens (tertiary/aromatic N) is 3. The highest BCUT2D eigenvalue weighted by Crippen LogP contribution is 2.34. The van der Waals surface area contributed by atoms with Gasteiger partial charge in [0, 0.05) is 52.9 Å². The average Bonchev–Trinajstić information content (AvgIpc) is 2.89. The fourth-order valence-electron chi connectivity index (χ4n) is 4.35. The second-order valence-corrected chi connectivity index (χ2v) is 10.5. The van der Waals surface area contributed by atoms with Gasteiger partial charge in [0.05, 0.1) is 11.9 Å². The molecule has 7 heteroatoms. The number of aromatic nitrogens is 1. The Morgan fingerprint density at radius 2 is 1.72 bits per heavy atom. The van der Waals surface area contributed by atoms with Crippen molar-refractivity contribution in [3.05, 3.63) is 95.0 Å². The first-order valence-electron chi connectivity index (χ1n) is 12.1. The highest BCUT2D eigenvalue weighted by atomic mass is 35.5. The molecule has 0 bridgehead atoms. The molecule has 3 aromatic carbocycles. The normalized spacial score (nSPS) is 14.2. The van der Waals surface area contributed by atoms with E-state index in [9.17, 15) is 4.79 Å². The summed E-state index contributed by atoms with van der Waals surface area (Å²) in [6.45, 7) is 3.96. The van der Waals surface area contributed by atoms with Gasteiger partial charge in [-0.2, -0.15) is 0 Å². The second-order valence-electron chi connectivity index (χ2n) is 9.09. The van der Waals surface area contributed by atoms with E-state index in [0.717, 1.165) is 64.8 Å². The Bertz CT molecular complexity index is 1360. The zero-order chi connectivity index (χ0) is 24.9. The van der Waals surface area contributed by atoms with E-state index in [2.05, 4.69) is 64.6 Å². The number of benzene rings is 3. The summed E-state index contributed by atoms with van der Waals surface area (Å²) >= 11 is 8.03. The molecule has 2 heterocycles. The minimum Gasteiger partial charge on any atom is -0.354 e. The number of anilines is 2. The van der Waals surface area contributed by atoms with Crippen LogP contribution in [0.25, 0.3) is 10.9 Å². The third-order valence-electron chi connectivity index (χ3n) is 6.41. The summed E-state index contributed by atoms with van der Waals surface area (Å²) in [5.74, 6) is 1.72. The van der Waals surface area contributed by atoms with Gasteiger partial charge in [-0.3, -0.25) is 4.79 Å². The predicted octanol–water partition coefficient (Wildman–Crippen LogP) is 6.11. The molecule has 1 aliphatic rings. The lowest BCUT2D eigenvalue weighted by Gasteiger charge is -2.33. The van der Waals surface area contributed by atoms with Crippen LogP contribution < -0.4 is 10.2 Å². The molecule has 0 unspecified atom stereocenters. The maximum absolute atomic E-state index is 12.9. The minimum absolute atomic E-state index is 0.100. The quantitative estimate of drug-likeness (QED) is 0.300. The molecular weight excluding hydrogens is 488 g/mol. The average molecular weight is 517 g/mol. The van der Waals surface area contributed by atoms with E-state index in [1.165, 1.54) is 5.56 Å². The van der Waals surface area contributed by atoms with Gasteiger partial charge in [-0.15, -0.1) is 11.8 Å². The molecule has 1 amide bonds. The van der Waals surface area contributed by atoms with Crippen molar-refractivity contribution in [2.75, 3.05) is 43.4 Å². The van der Waals surface area contributed by atoms with Crippen LogP contribution in [0.5, 0.6) is 0 Å². The van der Waals surface area contributed by atoms with Gasteiger partial charge in [0.25, 0.3) is 0 Å². The zero-order valence-corrected chi connectivity index (χ0v) is 21.9. The predicted molar refractivity (Wildman–Crippen MR) is 151 cm³/mol. The summed E-state index contributed by atoms with van der Waals surface area (Å²) < 4.78 is 0. The first-order chi connectivity index (χ1) is 17.5. The molecule has 0 radical (unpaired) electrons. The van der Waals surface area contributed by atoms with Gasteiger partial charge in [-0.25, -0.2) is 4.98 Å². The van der Waals surface area contributed by atoms with E-state index < -0.39 is 0 Å². The Labute approximate surface area is 221 Å². The van der Waals surface area contributed by atoms with Crippen LogP contribution >= 0.6 is 23.4 Å². The molecule has 1 aliphatic heterocycles. The molecule has 0 saturated carbocycles. The van der Waals surface area contributed by atoms with Crippen LogP contribution in [-0.2, 0) is 17.0 Å². The van der Waals surface area contributed by atoms with E-state index >= 15 is 0 Å². The van der Waals surface area contributed by atoms with Gasteiger partial charge in [0.2, 0.25) is 5.91 Å². The number of halogens is 1. The SMILES string of the molecule is CN1CCN(c2ccc3c(SCc4ccccc4)cc(NC(=O)Cc4ccccc4Cl)cc3n2)CC1. The van der Waals surface area contributed by atoms with Gasteiger partial charge in [-0.1, -0.05) is 60.1 Å². The van der Waals surface area contributed by atoms with Crippen molar-refractivity contribution in [3.8, 4) is 0 Å². The Morgan fingerprint density at radius 3 is 2.50 bits per heavy atom. The first kappa shape index (κ1) is 24.6. The van der Waals surface area contributed by atoms with E-state index in [1.807, 2.05) is 36.4 Å². The monoisotopic (exact) mass is 516 g/mol. The van der Waals surface area contributed by atoms with Crippen molar-refractivity contribution < 1.29 is 4.79 Å². The largest absolute Gasteiger partial charge is 0.354 e. The molecule has 5 nitrogen and oxygen atoms in total. The summed E-state index contributed by atoms with van der Waals surface area (Å²) in [6, 6.07) is 26.2. The van der Waals surface area contributed by atoms with Crippen LogP contribution in [0.15, 0.2) is 83.8 Å². The molecule has 1 saturated heterocycles. The van der Waals surface area contributed by atoms with Crippen LogP contribution in [0, 0.1) is 0 Å². The van der Waals surface area contributed by atoms with E-state index in [1.54, 1.807) is 11.8 Å². The van der Waals surface area contributed by atoms with E-state index in [0.29, 0.717) is 5.02 Å². The smallest absolute Gasteiger partial charge is 0.228 e. The number of nitrogens with one attached hydrogen (secondary N) is 1. The number of carbonyl (C=O) groups excluding carboxylic acids is 1. The van der Waals surface area contributed by atoms with E-state index in [-0.39, 0.29) is 12.3 Å². The number of rotatable bonds is 7. The molecule has 36 heavy (non-hydrogen) atoms. The Balaban J connectivity index is 1.43. The van der Waals surface area contributed by atoms with Crippen molar-refractivity contribution >= 4 is 51.7 Å². The molecular formula is C29H29ClN4OS. The number of hydrogen-bond acceptors (Lipinski definition) is 5. The van der Waals surface area contributed by atoms with Crippen molar-refractivity contribution in [1.29, 1.82) is 0 Å². The van der Waals surface area contributed by atoms with Crippen LogP contribution in [0.4, 0.5) is 11.5 Å². The van der Waals surface area contributed by atoms with Gasteiger partial charge >= 0.3 is 0 Å². The van der Waals surface area contributed by atoms with Crippen molar-refractivity contribution in [3.63, 3.8) is 0 Å². The number of piperazine rings is 1. The van der Waals surface area contributed by atoms with Crippen LogP contribution in [0.2, 0.25) is 5.02 Å². The summed E-state index contributed by atoms with van der Waals surface area (Å²) in [5.41, 5.74) is 3.70. The minimum atomic E-state index is -0.100. The number of likely N-dealkylation sites (N-methyl/N-ethyl adjacent to an activating group) is 1. The summed E-state index contributed by atoms with van der Waals surface area (Å²) in [7, 11) is 2.15. The van der Waals surface area contributed by atoms with Crippen LogP contribution in [0.1, 0.15) is 11.1 Å². The standard InChI is InChI=1S/C29H29ClN4OS/c1-33-13-15-34(16-14-33)28-12-11-24-26(32-28)18-23(19-27(24)36-20-21-7-3-2-4-8-21)31-29(35)17-22-9-5-6-10-25(22)30/h2-12,18-19H,13-17,20H2,1H3,(H,31,35). The van der Waals surface area contributed by atoms with Crippen molar-refractivity contribution in [2.24, 2.45) is 0 Å². The van der Waals surface area contributed by atoms with Crippen LogP contribution in [-0.4, -0.2) is 49.0 Å². The Morgan fingerprint density at radius 1 is 0.972 bits per heavy atom. The molecule has 184 valence electrons. The van der Waals surface area contributed by atoms with Crippen molar-refractivity contribution in [2.45, 2.75) is 17.1 Å². The van der Waals surface area contributed by atoms with Gasteiger partial charge < -0.3 is 15.1 Å². The number of amides is 1. The summed E-state index contributed by atoms with van der Waals surface area (Å²) in [5, 5.41) is 4.78. The molecule has 5 rings (SSSR count). The van der Waals surface area contributed by atoms with Crippen molar-refractivity contribution in [1.82, 2.24) is 9.88 Å². The fraction of sp³-hybridized carbons (Fsp3) is 0.241. The third-order valence-corrected chi connectivity index (χ3v) is 7.91. The molecule has 0 atom stereocenters. The first-order valence-corrected chi connectivity index (χ1v) is 13.5. The number of thioether (sulfide) groups is 1. The number of pyridine rings is 1. The lowest BCUT2D eigenvalue weighted by molar-refractivity contribution is -0.115. The summed E-state index contributed by atoms with van der Waals surface area (Å²) in [6.07, 6.45) is 0.221. The maximum atomic E-state index is 12.9. The van der Waals surface area contributed by atoms with E-state index in [4.69, 9.17) is 16.6 Å². The molecule has 1 aromatic heterocycles. The van der Waals surface area contributed by atoms with Gasteiger partial charge in [0.1, 0.15) is 5.82 Å². The van der Waals surface area contributed by atoms with Gasteiger partial charge in [-0.05, 0) is 48.5 Å². The lowest BCUT2D eigenvalue weighted by atomic mass is 10.1. The molecule has 4 aromatic rings. The number of carbonyl (C=O) groups is 1. The molecule has 1 N–H and O–H groups in total. The zero-order valence-electron chi connectivity index (χ0n) is 20.3. The Kier molecular flexibility index (Phi) is 7.75.